The molecule has 0 saturated heterocycles. The monoisotopic (exact) mass is 362 g/mol. The summed E-state index contributed by atoms with van der Waals surface area (Å²) < 4.78 is 2.93. The SMILES string of the molecule is [Cl][Ru]([Cl])=[C]=C=C(c1ccccc1)c1ccccc1. The van der Waals surface area contributed by atoms with Crippen LogP contribution in [0.3, 0.4) is 0 Å². The molecule has 2 rings (SSSR count). The van der Waals surface area contributed by atoms with E-state index >= 15 is 0 Å². The number of rotatable bonds is 2. The fourth-order valence-corrected chi connectivity index (χ4v) is 2.38. The van der Waals surface area contributed by atoms with E-state index in [-0.39, 0.29) is 0 Å². The fraction of sp³-hybridized carbons (Fsp3) is 0. The van der Waals surface area contributed by atoms with Gasteiger partial charge in [0.25, 0.3) is 0 Å². The van der Waals surface area contributed by atoms with E-state index in [4.69, 9.17) is 19.4 Å². The van der Waals surface area contributed by atoms with Crippen molar-refractivity contribution in [3.63, 3.8) is 0 Å². The molecular formula is C15H10Cl2Ru. The van der Waals surface area contributed by atoms with E-state index < -0.39 is 13.5 Å². The van der Waals surface area contributed by atoms with E-state index in [1.807, 2.05) is 60.7 Å². The zero-order valence-electron chi connectivity index (χ0n) is 9.38. The number of benzene rings is 2. The van der Waals surface area contributed by atoms with Crippen LogP contribution < -0.4 is 0 Å². The second-order valence-corrected chi connectivity index (χ2v) is 8.82. The fourth-order valence-electron chi connectivity index (χ4n) is 1.60. The van der Waals surface area contributed by atoms with Gasteiger partial charge in [-0.25, -0.2) is 0 Å². The van der Waals surface area contributed by atoms with Crippen LogP contribution in [-0.2, 0) is 13.5 Å². The van der Waals surface area contributed by atoms with Gasteiger partial charge >= 0.3 is 120 Å². The Labute approximate surface area is 120 Å². The Kier molecular flexibility index (Phi) is 5.15. The van der Waals surface area contributed by atoms with Gasteiger partial charge in [-0.1, -0.05) is 0 Å². The molecule has 0 amide bonds. The summed E-state index contributed by atoms with van der Waals surface area (Å²) >= 11 is -1.95. The Hall–Kier alpha value is -0.927. The van der Waals surface area contributed by atoms with Gasteiger partial charge in [-0.05, 0) is 0 Å². The Balaban J connectivity index is 2.64. The van der Waals surface area contributed by atoms with Crippen LogP contribution >= 0.6 is 19.4 Å². The van der Waals surface area contributed by atoms with Gasteiger partial charge in [-0.3, -0.25) is 0 Å². The summed E-state index contributed by atoms with van der Waals surface area (Å²) in [6.45, 7) is 0. The summed E-state index contributed by atoms with van der Waals surface area (Å²) in [5.41, 5.74) is 6.25. The second kappa shape index (κ2) is 6.86. The maximum absolute atomic E-state index is 5.82. The third kappa shape index (κ3) is 3.79. The molecule has 0 saturated carbocycles. The van der Waals surface area contributed by atoms with Crippen molar-refractivity contribution in [2.24, 2.45) is 0 Å². The Morgan fingerprint density at radius 1 is 0.778 bits per heavy atom. The Morgan fingerprint density at radius 2 is 1.22 bits per heavy atom. The minimum absolute atomic E-state index is 0.969. The molecule has 0 fully saturated rings. The molecule has 2 aromatic carbocycles. The van der Waals surface area contributed by atoms with Crippen LogP contribution in [0.15, 0.2) is 66.4 Å². The first kappa shape index (κ1) is 13.5. The molecule has 0 spiro atoms. The van der Waals surface area contributed by atoms with E-state index in [0.717, 1.165) is 16.7 Å². The first-order chi connectivity index (χ1) is 8.77. The van der Waals surface area contributed by atoms with Gasteiger partial charge in [0.2, 0.25) is 0 Å². The number of hydrogen-bond acceptors (Lipinski definition) is 0. The molecular weight excluding hydrogens is 352 g/mol. The van der Waals surface area contributed by atoms with Gasteiger partial charge in [-0.15, -0.1) is 0 Å². The molecule has 0 aliphatic heterocycles. The molecule has 3 heteroatoms. The van der Waals surface area contributed by atoms with Crippen LogP contribution in [0.4, 0.5) is 0 Å². The molecule has 0 aliphatic carbocycles. The average Bonchev–Trinajstić information content (AvgIpc) is 2.41. The zero-order valence-corrected chi connectivity index (χ0v) is 12.6. The summed E-state index contributed by atoms with van der Waals surface area (Å²) in [6, 6.07) is 20.1. The molecule has 0 aliphatic rings. The normalized spacial score (nSPS) is 10.2. The molecule has 18 heavy (non-hydrogen) atoms. The van der Waals surface area contributed by atoms with Crippen molar-refractivity contribution in [2.75, 3.05) is 0 Å². The van der Waals surface area contributed by atoms with Crippen molar-refractivity contribution in [2.45, 2.75) is 0 Å². The van der Waals surface area contributed by atoms with Gasteiger partial charge < -0.3 is 0 Å². The van der Waals surface area contributed by atoms with Crippen molar-refractivity contribution < 1.29 is 13.5 Å². The summed E-state index contributed by atoms with van der Waals surface area (Å²) in [7, 11) is 11.6. The van der Waals surface area contributed by atoms with Crippen LogP contribution in [0.2, 0.25) is 0 Å². The van der Waals surface area contributed by atoms with Crippen molar-refractivity contribution >= 4 is 29.2 Å². The molecule has 0 unspecified atom stereocenters. The predicted molar refractivity (Wildman–Crippen MR) is 75.6 cm³/mol. The molecule has 0 nitrogen and oxygen atoms in total. The van der Waals surface area contributed by atoms with Crippen molar-refractivity contribution in [1.29, 1.82) is 0 Å². The van der Waals surface area contributed by atoms with Crippen molar-refractivity contribution in [3.8, 4) is 0 Å². The number of hydrogen-bond donors (Lipinski definition) is 0. The minimum atomic E-state index is -1.95. The van der Waals surface area contributed by atoms with Gasteiger partial charge in [0.1, 0.15) is 0 Å². The first-order valence-corrected chi connectivity index (χ1v) is 10.6. The Bertz CT molecular complexity index is 575. The first-order valence-electron chi connectivity index (χ1n) is 5.27. The van der Waals surface area contributed by atoms with E-state index in [9.17, 15) is 0 Å². The summed E-state index contributed by atoms with van der Waals surface area (Å²) in [6.07, 6.45) is 0. The van der Waals surface area contributed by atoms with Gasteiger partial charge in [0.15, 0.2) is 0 Å². The molecule has 2 aromatic rings. The van der Waals surface area contributed by atoms with Crippen LogP contribution in [0.1, 0.15) is 11.1 Å². The number of halogens is 2. The van der Waals surface area contributed by atoms with Gasteiger partial charge in [0, 0.05) is 0 Å². The molecule has 0 aromatic heterocycles. The predicted octanol–water partition coefficient (Wildman–Crippen LogP) is 4.60. The van der Waals surface area contributed by atoms with Gasteiger partial charge in [0.05, 0.1) is 0 Å². The molecule has 0 N–H and O–H groups in total. The van der Waals surface area contributed by atoms with Crippen molar-refractivity contribution in [1.82, 2.24) is 0 Å². The molecule has 0 bridgehead atoms. The van der Waals surface area contributed by atoms with Gasteiger partial charge in [-0.2, -0.15) is 0 Å². The van der Waals surface area contributed by atoms with E-state index in [2.05, 4.69) is 10.00 Å². The topological polar surface area (TPSA) is 0 Å². The van der Waals surface area contributed by atoms with Crippen LogP contribution in [-0.4, -0.2) is 4.26 Å². The Morgan fingerprint density at radius 3 is 1.61 bits per heavy atom. The van der Waals surface area contributed by atoms with Crippen LogP contribution in [0, 0.1) is 0 Å². The van der Waals surface area contributed by atoms with E-state index in [1.54, 1.807) is 0 Å². The third-order valence-corrected chi connectivity index (χ3v) is 3.70. The summed E-state index contributed by atoms with van der Waals surface area (Å²) in [5, 5.41) is 0. The quantitative estimate of drug-likeness (QED) is 0.541. The molecule has 0 radical (unpaired) electrons. The van der Waals surface area contributed by atoms with Crippen LogP contribution in [0.25, 0.3) is 5.57 Å². The summed E-state index contributed by atoms with van der Waals surface area (Å²) in [5.74, 6) is 0. The van der Waals surface area contributed by atoms with Crippen LogP contribution in [0.5, 0.6) is 0 Å². The average molecular weight is 362 g/mol. The van der Waals surface area contributed by atoms with Crippen molar-refractivity contribution in [3.05, 3.63) is 77.5 Å². The summed E-state index contributed by atoms with van der Waals surface area (Å²) in [4.78, 5) is 0. The van der Waals surface area contributed by atoms with E-state index in [0.29, 0.717) is 0 Å². The molecule has 0 atom stereocenters. The second-order valence-electron chi connectivity index (χ2n) is 3.50. The zero-order chi connectivity index (χ0) is 12.8. The standard InChI is InChI=1S/C15H10.2ClH.Ru/c1-2-15(13-9-5-3-6-10-13)14-11-7-4-8-12-14;;;/h3-12H;2*1H;/q;;;+2/p-2. The molecule has 92 valence electrons. The third-order valence-electron chi connectivity index (χ3n) is 2.36. The molecule has 0 heterocycles. The van der Waals surface area contributed by atoms with E-state index in [1.165, 1.54) is 0 Å². The maximum atomic E-state index is 5.82.